The van der Waals surface area contributed by atoms with Crippen LogP contribution in [0.4, 0.5) is 4.79 Å². The van der Waals surface area contributed by atoms with Gasteiger partial charge in [-0.15, -0.1) is 0 Å². The summed E-state index contributed by atoms with van der Waals surface area (Å²) in [6.07, 6.45) is 4.88. The molecule has 1 aliphatic carbocycles. The molecule has 0 radical (unpaired) electrons. The summed E-state index contributed by atoms with van der Waals surface area (Å²) >= 11 is 19.4. The van der Waals surface area contributed by atoms with E-state index in [4.69, 9.17) is 44.5 Å². The predicted octanol–water partition coefficient (Wildman–Crippen LogP) is 6.90. The van der Waals surface area contributed by atoms with E-state index in [-0.39, 0.29) is 27.5 Å². The lowest BCUT2D eigenvalue weighted by atomic mass is 9.71. The molecule has 10 nitrogen and oxygen atoms in total. The number of amidine groups is 1. The number of carbonyl (C=O) groups is 1. The molecule has 15 heteroatoms. The van der Waals surface area contributed by atoms with Gasteiger partial charge in [-0.3, -0.25) is 14.8 Å². The number of piperazine rings is 1. The molecule has 1 saturated carbocycles. The molecule has 6 rings (SSSR count). The van der Waals surface area contributed by atoms with E-state index < -0.39 is 30.8 Å². The van der Waals surface area contributed by atoms with Gasteiger partial charge in [0.15, 0.2) is 9.84 Å². The molecular weight excluding hydrogens is 767 g/mol. The minimum absolute atomic E-state index is 0.0152. The van der Waals surface area contributed by atoms with E-state index in [1.807, 2.05) is 38.1 Å². The molecule has 52 heavy (non-hydrogen) atoms. The largest absolute Gasteiger partial charge is 0.492 e. The summed E-state index contributed by atoms with van der Waals surface area (Å²) in [4.78, 5) is 26.1. The molecule has 3 aromatic carbocycles. The Morgan fingerprint density at radius 3 is 1.98 bits per heavy atom. The third-order valence-electron chi connectivity index (χ3n) is 10.4. The van der Waals surface area contributed by atoms with Crippen molar-refractivity contribution in [1.29, 1.82) is 0 Å². The maximum atomic E-state index is 15.2. The number of carbonyl (C=O) groups excluding carboxylic acids is 1. The van der Waals surface area contributed by atoms with Crippen LogP contribution in [0.3, 0.4) is 0 Å². The Labute approximate surface area is 321 Å². The summed E-state index contributed by atoms with van der Waals surface area (Å²) in [6.45, 7) is 6.80. The van der Waals surface area contributed by atoms with E-state index in [9.17, 15) is 16.8 Å². The Morgan fingerprint density at radius 1 is 0.865 bits per heavy atom. The van der Waals surface area contributed by atoms with Crippen molar-refractivity contribution in [2.75, 3.05) is 57.6 Å². The number of aliphatic imine (C=N–C) groups is 1. The lowest BCUT2D eigenvalue weighted by Crippen LogP contribution is -2.60. The molecular formula is C37H43Cl3N4O6S2. The van der Waals surface area contributed by atoms with Gasteiger partial charge >= 0.3 is 6.03 Å². The van der Waals surface area contributed by atoms with Gasteiger partial charge in [-0.25, -0.2) is 21.6 Å². The molecule has 1 saturated heterocycles. The van der Waals surface area contributed by atoms with Gasteiger partial charge in [0.1, 0.15) is 32.5 Å². The van der Waals surface area contributed by atoms with Crippen molar-refractivity contribution in [3.05, 3.63) is 92.4 Å². The minimum atomic E-state index is -3.80. The van der Waals surface area contributed by atoms with E-state index >= 15 is 4.79 Å². The van der Waals surface area contributed by atoms with Crippen molar-refractivity contribution in [2.45, 2.75) is 49.1 Å². The van der Waals surface area contributed by atoms with E-state index in [0.717, 1.165) is 30.2 Å². The molecule has 3 aliphatic rings. The molecule has 3 aromatic rings. The maximum absolute atomic E-state index is 15.2. The second kappa shape index (κ2) is 14.8. The van der Waals surface area contributed by atoms with Crippen LogP contribution >= 0.6 is 34.8 Å². The molecule has 2 atom stereocenters. The van der Waals surface area contributed by atoms with Crippen LogP contribution in [-0.4, -0.2) is 101 Å². The molecule has 0 N–H and O–H groups in total. The Bertz CT molecular complexity index is 2090. The number of benzene rings is 3. The Balaban J connectivity index is 1.51. The van der Waals surface area contributed by atoms with Gasteiger partial charge in [0, 0.05) is 54.8 Å². The van der Waals surface area contributed by atoms with Crippen LogP contribution in [0, 0.1) is 5.92 Å². The average molecular weight is 810 g/mol. The average Bonchev–Trinajstić information content (AvgIpc) is 3.87. The molecule has 2 fully saturated rings. The fourth-order valence-corrected chi connectivity index (χ4v) is 9.25. The van der Waals surface area contributed by atoms with Crippen molar-refractivity contribution >= 4 is 66.3 Å². The third-order valence-corrected chi connectivity index (χ3v) is 13.5. The number of amides is 2. The summed E-state index contributed by atoms with van der Waals surface area (Å²) in [6, 6.07) is 17.3. The van der Waals surface area contributed by atoms with E-state index in [1.54, 1.807) is 34.1 Å². The SMILES string of the molecule is C[C@@]1(c2ccc(Cl)cc2)N=C(c2cc(S(C)(=O)=O)c(Cl)cc2OCC2CC2)N(C(=O)N2CCN(CCCS(C)(=O)=O)CC2)[C@]1(C)c1ccc(Cl)cc1. The molecule has 0 bridgehead atoms. The summed E-state index contributed by atoms with van der Waals surface area (Å²) in [7, 11) is -6.88. The predicted molar refractivity (Wildman–Crippen MR) is 207 cm³/mol. The topological polar surface area (TPSA) is 117 Å². The second-order valence-electron chi connectivity index (χ2n) is 14.3. The van der Waals surface area contributed by atoms with Crippen LogP contribution in [0.25, 0.3) is 0 Å². The van der Waals surface area contributed by atoms with E-state index in [2.05, 4.69) is 4.90 Å². The number of halogens is 3. The Kier molecular flexibility index (Phi) is 11.0. The zero-order valence-corrected chi connectivity index (χ0v) is 33.5. The quantitative estimate of drug-likeness (QED) is 0.207. The van der Waals surface area contributed by atoms with E-state index in [0.29, 0.717) is 73.0 Å². The van der Waals surface area contributed by atoms with E-state index in [1.165, 1.54) is 18.4 Å². The monoisotopic (exact) mass is 808 g/mol. The first-order valence-electron chi connectivity index (χ1n) is 17.2. The summed E-state index contributed by atoms with van der Waals surface area (Å²) in [5.41, 5.74) is -0.476. The highest BCUT2D eigenvalue weighted by Crippen LogP contribution is 2.54. The van der Waals surface area contributed by atoms with Crippen LogP contribution in [0.15, 0.2) is 70.6 Å². The zero-order valence-electron chi connectivity index (χ0n) is 29.6. The lowest BCUT2D eigenvalue weighted by molar-refractivity contribution is 0.0868. The summed E-state index contributed by atoms with van der Waals surface area (Å²) in [5.74, 6) is 1.04. The molecule has 2 aliphatic heterocycles. The molecule has 0 spiro atoms. The van der Waals surface area contributed by atoms with Crippen LogP contribution in [0.5, 0.6) is 5.75 Å². The van der Waals surface area contributed by atoms with Gasteiger partial charge in [-0.1, -0.05) is 59.1 Å². The highest BCUT2D eigenvalue weighted by molar-refractivity contribution is 7.91. The molecule has 0 aromatic heterocycles. The van der Waals surface area contributed by atoms with Gasteiger partial charge in [0.25, 0.3) is 0 Å². The van der Waals surface area contributed by atoms with Crippen LogP contribution in [0.1, 0.15) is 49.8 Å². The highest BCUT2D eigenvalue weighted by Gasteiger charge is 2.60. The fraction of sp³-hybridized carbons (Fsp3) is 0.459. The molecule has 2 heterocycles. The van der Waals surface area contributed by atoms with Gasteiger partial charge in [0.2, 0.25) is 0 Å². The van der Waals surface area contributed by atoms with Crippen molar-refractivity contribution in [2.24, 2.45) is 10.9 Å². The number of ether oxygens (including phenoxy) is 1. The number of urea groups is 1. The van der Waals surface area contributed by atoms with Gasteiger partial charge in [-0.2, -0.15) is 0 Å². The minimum Gasteiger partial charge on any atom is -0.492 e. The van der Waals surface area contributed by atoms with Gasteiger partial charge in [-0.05, 0) is 87.0 Å². The number of hydrogen-bond acceptors (Lipinski definition) is 8. The fourth-order valence-electron chi connectivity index (χ4n) is 7.03. The third kappa shape index (κ3) is 7.98. The zero-order chi connectivity index (χ0) is 37.6. The van der Waals surface area contributed by atoms with Gasteiger partial charge < -0.3 is 9.64 Å². The summed E-state index contributed by atoms with van der Waals surface area (Å²) in [5, 5.41) is 1.08. The number of sulfone groups is 2. The molecule has 280 valence electrons. The first-order valence-corrected chi connectivity index (χ1v) is 22.3. The van der Waals surface area contributed by atoms with Crippen LogP contribution in [-0.2, 0) is 30.8 Å². The normalized spacial score (nSPS) is 22.8. The Morgan fingerprint density at radius 2 is 1.44 bits per heavy atom. The smallest absolute Gasteiger partial charge is 0.326 e. The number of nitrogens with zero attached hydrogens (tertiary/aromatic N) is 4. The van der Waals surface area contributed by atoms with Crippen molar-refractivity contribution in [3.63, 3.8) is 0 Å². The Hall–Kier alpha value is -2.87. The first kappa shape index (κ1) is 38.8. The van der Waals surface area contributed by atoms with Crippen molar-refractivity contribution in [3.8, 4) is 5.75 Å². The maximum Gasteiger partial charge on any atom is 0.326 e. The van der Waals surface area contributed by atoms with Crippen molar-refractivity contribution < 1.29 is 26.4 Å². The standard InChI is InChI=1S/C37H43Cl3N4O6S2/c1-36(26-8-12-28(38)13-9-26)37(2,27-10-14-29(39)15-11-27)44(35(45)43-19-17-42(18-20-43)16-5-21-51(3,46)47)34(41-36)30-22-33(52(4,48)49)31(40)23-32(30)50-24-25-6-7-25/h8-15,22-23,25H,5-7,16-21,24H2,1-4H3/t36-,37+/m0/s1. The highest BCUT2D eigenvalue weighted by atomic mass is 35.5. The first-order chi connectivity index (χ1) is 24.4. The number of rotatable bonds is 11. The summed E-state index contributed by atoms with van der Waals surface area (Å²) < 4.78 is 55.9. The van der Waals surface area contributed by atoms with Crippen molar-refractivity contribution in [1.82, 2.24) is 14.7 Å². The number of hydrogen-bond donors (Lipinski definition) is 0. The molecule has 0 unspecified atom stereocenters. The van der Waals surface area contributed by atoms with Crippen LogP contribution in [0.2, 0.25) is 15.1 Å². The van der Waals surface area contributed by atoms with Gasteiger partial charge in [0.05, 0.1) is 27.8 Å². The van der Waals surface area contributed by atoms with Crippen LogP contribution < -0.4 is 4.74 Å². The second-order valence-corrected chi connectivity index (χ2v) is 19.9. The lowest BCUT2D eigenvalue weighted by Gasteiger charge is -2.47. The molecule has 2 amide bonds.